The lowest BCUT2D eigenvalue weighted by molar-refractivity contribution is -0.131. The molecule has 16 nitrogen and oxygen atoms in total. The van der Waals surface area contributed by atoms with E-state index in [1.54, 1.807) is 24.3 Å². The number of hydrogen-bond acceptors (Lipinski definition) is 12. The number of fused-ring (bicyclic) bond motifs is 5. The number of carbonyl (C=O) groups excluding carboxylic acids is 4. The molecule has 0 saturated heterocycles. The van der Waals surface area contributed by atoms with Crippen molar-refractivity contribution in [1.82, 2.24) is 26.6 Å². The van der Waals surface area contributed by atoms with Crippen LogP contribution < -0.4 is 49.5 Å². The summed E-state index contributed by atoms with van der Waals surface area (Å²) < 4.78 is 0. The van der Waals surface area contributed by atoms with Crippen molar-refractivity contribution in [2.75, 3.05) is 32.7 Å². The van der Waals surface area contributed by atoms with Crippen molar-refractivity contribution in [2.45, 2.75) is 101 Å². The Hall–Kier alpha value is -4.32. The number of nitrogens with one attached hydrogen (secondary N) is 5. The Morgan fingerprint density at radius 2 is 1.45 bits per heavy atom. The van der Waals surface area contributed by atoms with Crippen LogP contribution in [0.1, 0.15) is 68.9 Å². The van der Waals surface area contributed by atoms with Gasteiger partial charge in [0.25, 0.3) is 0 Å². The van der Waals surface area contributed by atoms with E-state index >= 15 is 0 Å². The highest BCUT2D eigenvalue weighted by Gasteiger charge is 2.32. The second-order valence-electron chi connectivity index (χ2n) is 13.5. The van der Waals surface area contributed by atoms with E-state index in [0.29, 0.717) is 74.1 Å². The molecule has 53 heavy (non-hydrogen) atoms. The summed E-state index contributed by atoms with van der Waals surface area (Å²) in [6.07, 6.45) is 3.29. The molecule has 0 aliphatic carbocycles. The molecule has 4 amide bonds. The third-order valence-electron chi connectivity index (χ3n) is 9.24. The molecule has 0 aromatic heterocycles. The van der Waals surface area contributed by atoms with E-state index in [-0.39, 0.29) is 55.5 Å². The van der Waals surface area contributed by atoms with Gasteiger partial charge in [0, 0.05) is 38.9 Å². The molecule has 0 spiro atoms. The Labute approximate surface area is 311 Å². The van der Waals surface area contributed by atoms with Gasteiger partial charge in [0.05, 0.1) is 18.1 Å². The molecule has 1 aliphatic rings. The van der Waals surface area contributed by atoms with E-state index in [0.717, 1.165) is 19.3 Å². The highest BCUT2D eigenvalue weighted by Crippen LogP contribution is 2.31. The van der Waals surface area contributed by atoms with Gasteiger partial charge < -0.3 is 59.5 Å². The van der Waals surface area contributed by atoms with E-state index in [9.17, 15) is 34.5 Å². The topological polar surface area (TPSA) is 293 Å². The zero-order valence-electron chi connectivity index (χ0n) is 30.4. The number of unbranched alkanes of at least 4 members (excludes halogenated alkanes) is 3. The number of aliphatic hydroxyl groups excluding tert-OH is 1. The average Bonchev–Trinajstić information content (AvgIpc) is 3.14. The number of benzene rings is 2. The van der Waals surface area contributed by atoms with Gasteiger partial charge in [-0.15, -0.1) is 0 Å². The van der Waals surface area contributed by atoms with Crippen LogP contribution in [0.5, 0.6) is 11.5 Å². The van der Waals surface area contributed by atoms with Crippen LogP contribution in [0.15, 0.2) is 36.4 Å². The second kappa shape index (κ2) is 22.7. The summed E-state index contributed by atoms with van der Waals surface area (Å²) in [4.78, 5) is 52.4. The summed E-state index contributed by atoms with van der Waals surface area (Å²) in [7, 11) is 0. The minimum Gasteiger partial charge on any atom is -0.508 e. The van der Waals surface area contributed by atoms with Crippen LogP contribution in [-0.2, 0) is 32.0 Å². The highest BCUT2D eigenvalue weighted by molar-refractivity contribution is 5.90. The zero-order valence-corrected chi connectivity index (χ0v) is 30.4. The molecular weight excluding hydrogens is 682 g/mol. The largest absolute Gasteiger partial charge is 0.508 e. The quantitative estimate of drug-likeness (QED) is 0.0825. The molecule has 294 valence electrons. The van der Waals surface area contributed by atoms with E-state index in [4.69, 9.17) is 22.9 Å². The first-order valence-corrected chi connectivity index (χ1v) is 18.6. The van der Waals surface area contributed by atoms with Crippen LogP contribution in [0, 0.1) is 0 Å². The fourth-order valence-electron chi connectivity index (χ4n) is 6.15. The highest BCUT2D eigenvalue weighted by atomic mass is 16.3. The van der Waals surface area contributed by atoms with E-state index in [1.165, 1.54) is 12.1 Å². The molecule has 2 aromatic carbocycles. The van der Waals surface area contributed by atoms with Crippen molar-refractivity contribution in [1.29, 1.82) is 0 Å². The Morgan fingerprint density at radius 3 is 2.09 bits per heavy atom. The van der Waals surface area contributed by atoms with Gasteiger partial charge in [0.15, 0.2) is 0 Å². The molecule has 0 fully saturated rings. The number of amides is 4. The van der Waals surface area contributed by atoms with Gasteiger partial charge >= 0.3 is 0 Å². The summed E-state index contributed by atoms with van der Waals surface area (Å²) >= 11 is 0. The molecule has 16 N–H and O–H groups in total. The molecule has 16 heteroatoms. The predicted molar refractivity (Wildman–Crippen MR) is 202 cm³/mol. The lowest BCUT2D eigenvalue weighted by atomic mass is 9.95. The first kappa shape index (κ1) is 43.1. The number of aliphatic hydroxyl groups is 1. The molecule has 4 unspecified atom stereocenters. The summed E-state index contributed by atoms with van der Waals surface area (Å²) in [5.74, 6) is -1.73. The Morgan fingerprint density at radius 1 is 0.811 bits per heavy atom. The lowest BCUT2D eigenvalue weighted by Crippen LogP contribution is -2.60. The van der Waals surface area contributed by atoms with Gasteiger partial charge in [-0.05, 0) is 98.1 Å². The summed E-state index contributed by atoms with van der Waals surface area (Å²) in [6, 6.07) is 5.71. The number of phenolic OH excluding ortho intramolecular Hbond substituents is 2. The van der Waals surface area contributed by atoms with Gasteiger partial charge in [-0.1, -0.05) is 25.0 Å². The molecule has 2 aromatic rings. The number of hydrogen-bond donors (Lipinski definition) is 12. The van der Waals surface area contributed by atoms with E-state index in [2.05, 4.69) is 26.6 Å². The minimum absolute atomic E-state index is 0.00914. The summed E-state index contributed by atoms with van der Waals surface area (Å²) in [5.41, 5.74) is 25.3. The molecule has 1 heterocycles. The van der Waals surface area contributed by atoms with Gasteiger partial charge in [0.1, 0.15) is 23.8 Å². The number of phenols is 2. The van der Waals surface area contributed by atoms with Gasteiger partial charge in [-0.2, -0.15) is 0 Å². The summed E-state index contributed by atoms with van der Waals surface area (Å²) in [6.45, 7) is 1.79. The molecule has 5 atom stereocenters. The third-order valence-corrected chi connectivity index (χ3v) is 9.24. The SMILES string of the molecule is NCCCC1NC(=O)C(N)Cc2cc(ccc2O)-c2ccc(O)c(c2)CC(C(=O)N[C@@H](CCCN)C(=O)NCCCCCCC(=O)NCCN)NC1O. The zero-order chi connectivity index (χ0) is 38.8. The second-order valence-corrected chi connectivity index (χ2v) is 13.5. The normalized spacial score (nSPS) is 19.6. The maximum atomic E-state index is 14.0. The minimum atomic E-state index is -1.46. The maximum Gasteiger partial charge on any atom is 0.242 e. The van der Waals surface area contributed by atoms with E-state index in [1.807, 2.05) is 0 Å². The average molecular weight is 742 g/mol. The maximum absolute atomic E-state index is 14.0. The number of nitrogens with two attached hydrogens (primary N) is 4. The third kappa shape index (κ3) is 14.2. The van der Waals surface area contributed by atoms with Crippen LogP contribution >= 0.6 is 0 Å². The molecule has 3 rings (SSSR count). The fraction of sp³-hybridized carbons (Fsp3) is 0.568. The van der Waals surface area contributed by atoms with Gasteiger partial charge in [-0.25, -0.2) is 0 Å². The number of rotatable bonds is 18. The predicted octanol–water partition coefficient (Wildman–Crippen LogP) is -0.944. The smallest absolute Gasteiger partial charge is 0.242 e. The first-order chi connectivity index (χ1) is 25.5. The molecule has 4 bridgehead atoms. The van der Waals surface area contributed by atoms with Crippen molar-refractivity contribution in [2.24, 2.45) is 22.9 Å². The summed E-state index contributed by atoms with van der Waals surface area (Å²) in [5, 5.41) is 47.0. The van der Waals surface area contributed by atoms with Crippen LogP contribution in [0.25, 0.3) is 11.1 Å². The lowest BCUT2D eigenvalue weighted by Gasteiger charge is -2.30. The van der Waals surface area contributed by atoms with Crippen LogP contribution in [0.2, 0.25) is 0 Å². The van der Waals surface area contributed by atoms with Gasteiger partial charge in [0.2, 0.25) is 23.6 Å². The molecule has 0 radical (unpaired) electrons. The van der Waals surface area contributed by atoms with Crippen molar-refractivity contribution >= 4 is 23.6 Å². The monoisotopic (exact) mass is 741 g/mol. The van der Waals surface area contributed by atoms with Crippen LogP contribution in [0.3, 0.4) is 0 Å². The van der Waals surface area contributed by atoms with Crippen LogP contribution in [0.4, 0.5) is 0 Å². The Kier molecular flexibility index (Phi) is 18.4. The fourth-order valence-corrected chi connectivity index (χ4v) is 6.15. The Balaban J connectivity index is 1.82. The standard InChI is InChI=1S/C37H59N9O7/c38-14-5-7-28(35(51)43-17-4-2-1-3-9-33(49)42-18-16-40)45-37(53)30-22-26-20-24(11-13-32(26)48)23-10-12-31(47)25(19-23)21-27(41)34(50)44-29(8-6-15-39)36(52)46-30/h10-13,19-20,27-30,36,46-48,52H,1-9,14-18,21-22,38-41H2,(H,42,49)(H,43,51)(H,44,50)(H,45,53)/t27?,28-,29?,30?,36?/m0/s1. The van der Waals surface area contributed by atoms with E-state index < -0.39 is 42.2 Å². The molecule has 0 saturated carbocycles. The van der Waals surface area contributed by atoms with Gasteiger partial charge in [-0.3, -0.25) is 24.5 Å². The number of aromatic hydroxyl groups is 2. The van der Waals surface area contributed by atoms with Crippen molar-refractivity contribution in [3.05, 3.63) is 47.5 Å². The first-order valence-electron chi connectivity index (χ1n) is 18.6. The Bertz CT molecular complexity index is 1490. The van der Waals surface area contributed by atoms with Crippen molar-refractivity contribution in [3.63, 3.8) is 0 Å². The van der Waals surface area contributed by atoms with Crippen LogP contribution in [-0.4, -0.2) is 102 Å². The molecule has 1 aliphatic heterocycles. The molecular formula is C37H59N9O7. The van der Waals surface area contributed by atoms with Crippen molar-refractivity contribution in [3.8, 4) is 22.6 Å². The van der Waals surface area contributed by atoms with Crippen molar-refractivity contribution < 1.29 is 34.5 Å². The number of carbonyl (C=O) groups is 4.